The maximum Gasteiger partial charge on any atom is 0.240 e. The Morgan fingerprint density at radius 1 is 1.24 bits per heavy atom. The van der Waals surface area contributed by atoms with Gasteiger partial charge in [0.1, 0.15) is 0 Å². The second-order valence-electron chi connectivity index (χ2n) is 6.38. The lowest BCUT2D eigenvalue weighted by atomic mass is 10.2. The third kappa shape index (κ3) is 5.41. The van der Waals surface area contributed by atoms with E-state index in [2.05, 4.69) is 23.9 Å². The molecule has 0 aliphatic heterocycles. The van der Waals surface area contributed by atoms with Crippen molar-refractivity contribution < 1.29 is 8.42 Å². The molecule has 0 amide bonds. The molecule has 1 aromatic rings. The minimum Gasteiger partial charge on any atom is -0.310 e. The summed E-state index contributed by atoms with van der Waals surface area (Å²) in [6, 6.07) is 7.54. The highest BCUT2D eigenvalue weighted by molar-refractivity contribution is 7.89. The molecule has 4 nitrogen and oxygen atoms in total. The van der Waals surface area contributed by atoms with Crippen LogP contribution < -0.4 is 10.0 Å². The molecule has 1 fully saturated rings. The van der Waals surface area contributed by atoms with Crippen molar-refractivity contribution in [2.75, 3.05) is 0 Å². The average molecular weight is 310 g/mol. The second kappa shape index (κ2) is 6.90. The van der Waals surface area contributed by atoms with E-state index < -0.39 is 10.0 Å². The Bertz CT molecular complexity index is 565. The standard InChI is InChI=1S/C16H26N2O2S/c1-12(2)17-11-15-5-4-6-16(10-15)21(19,20)18-13(3)9-14-7-8-14/h4-6,10,12-14,17-18H,7-9,11H2,1-3H3. The molecule has 0 bridgehead atoms. The van der Waals surface area contributed by atoms with E-state index in [0.29, 0.717) is 23.4 Å². The van der Waals surface area contributed by atoms with E-state index in [1.165, 1.54) is 12.8 Å². The van der Waals surface area contributed by atoms with Gasteiger partial charge in [0.2, 0.25) is 10.0 Å². The molecule has 1 aliphatic carbocycles. The number of hydrogen-bond acceptors (Lipinski definition) is 3. The number of benzene rings is 1. The molecule has 1 aliphatic rings. The van der Waals surface area contributed by atoms with Crippen molar-refractivity contribution in [2.45, 2.75) is 63.6 Å². The van der Waals surface area contributed by atoms with Crippen LogP contribution in [0.1, 0.15) is 45.6 Å². The van der Waals surface area contributed by atoms with E-state index in [1.807, 2.05) is 13.0 Å². The summed E-state index contributed by atoms with van der Waals surface area (Å²) in [5.74, 6) is 0.712. The van der Waals surface area contributed by atoms with Crippen LogP contribution in [0.15, 0.2) is 29.2 Å². The summed E-state index contributed by atoms with van der Waals surface area (Å²) in [5, 5.41) is 3.30. The van der Waals surface area contributed by atoms with Crippen molar-refractivity contribution in [1.29, 1.82) is 0 Å². The fourth-order valence-electron chi connectivity index (χ4n) is 2.38. The maximum atomic E-state index is 12.4. The first kappa shape index (κ1) is 16.5. The largest absolute Gasteiger partial charge is 0.310 e. The van der Waals surface area contributed by atoms with Gasteiger partial charge in [-0.1, -0.05) is 38.8 Å². The zero-order chi connectivity index (χ0) is 15.5. The molecule has 2 rings (SSSR count). The van der Waals surface area contributed by atoms with E-state index in [9.17, 15) is 8.42 Å². The minimum absolute atomic E-state index is 0.0000508. The molecule has 1 unspecified atom stereocenters. The highest BCUT2D eigenvalue weighted by Gasteiger charge is 2.26. The molecule has 118 valence electrons. The lowest BCUT2D eigenvalue weighted by molar-refractivity contribution is 0.529. The molecule has 0 radical (unpaired) electrons. The van der Waals surface area contributed by atoms with Gasteiger partial charge in [-0.3, -0.25) is 0 Å². The van der Waals surface area contributed by atoms with E-state index in [-0.39, 0.29) is 6.04 Å². The molecule has 2 N–H and O–H groups in total. The lowest BCUT2D eigenvalue weighted by Crippen LogP contribution is -2.33. The molecule has 0 aromatic heterocycles. The molecule has 0 saturated heterocycles. The Morgan fingerprint density at radius 3 is 2.57 bits per heavy atom. The smallest absolute Gasteiger partial charge is 0.240 e. The zero-order valence-electron chi connectivity index (χ0n) is 13.1. The quantitative estimate of drug-likeness (QED) is 0.776. The van der Waals surface area contributed by atoms with Crippen molar-refractivity contribution in [1.82, 2.24) is 10.0 Å². The molecular weight excluding hydrogens is 284 g/mol. The zero-order valence-corrected chi connectivity index (χ0v) is 13.9. The molecule has 21 heavy (non-hydrogen) atoms. The molecule has 1 atom stereocenters. The summed E-state index contributed by atoms with van der Waals surface area (Å²) >= 11 is 0. The summed E-state index contributed by atoms with van der Waals surface area (Å²) in [6.45, 7) is 6.77. The molecule has 1 aromatic carbocycles. The van der Waals surface area contributed by atoms with Crippen molar-refractivity contribution in [3.8, 4) is 0 Å². The summed E-state index contributed by atoms with van der Waals surface area (Å²) in [7, 11) is -3.42. The third-order valence-corrected chi connectivity index (χ3v) is 5.25. The molecule has 0 heterocycles. The van der Waals surface area contributed by atoms with Crippen LogP contribution >= 0.6 is 0 Å². The first-order valence-electron chi connectivity index (χ1n) is 7.71. The number of rotatable bonds is 8. The Hall–Kier alpha value is -0.910. The number of hydrogen-bond donors (Lipinski definition) is 2. The molecule has 5 heteroatoms. The van der Waals surface area contributed by atoms with Crippen molar-refractivity contribution >= 4 is 10.0 Å². The van der Waals surface area contributed by atoms with Crippen molar-refractivity contribution in [3.63, 3.8) is 0 Å². The van der Waals surface area contributed by atoms with Gasteiger partial charge < -0.3 is 5.32 Å². The van der Waals surface area contributed by atoms with Gasteiger partial charge in [-0.15, -0.1) is 0 Å². The molecule has 0 spiro atoms. The topological polar surface area (TPSA) is 58.2 Å². The Kier molecular flexibility index (Phi) is 5.41. The first-order valence-corrected chi connectivity index (χ1v) is 9.20. The van der Waals surface area contributed by atoms with Crippen LogP contribution in [0.4, 0.5) is 0 Å². The summed E-state index contributed by atoms with van der Waals surface area (Å²) in [5.41, 5.74) is 0.987. The van der Waals surface area contributed by atoms with Gasteiger partial charge in [0.25, 0.3) is 0 Å². The van der Waals surface area contributed by atoms with Gasteiger partial charge in [0.05, 0.1) is 4.90 Å². The summed E-state index contributed by atoms with van der Waals surface area (Å²) in [6.07, 6.45) is 3.42. The van der Waals surface area contributed by atoms with E-state index >= 15 is 0 Å². The van der Waals surface area contributed by atoms with Gasteiger partial charge in [-0.05, 0) is 37.0 Å². The average Bonchev–Trinajstić information content (AvgIpc) is 3.20. The van der Waals surface area contributed by atoms with Crippen LogP contribution in [0.25, 0.3) is 0 Å². The van der Waals surface area contributed by atoms with Crippen LogP contribution in [0, 0.1) is 5.92 Å². The predicted molar refractivity (Wildman–Crippen MR) is 85.5 cm³/mol. The van der Waals surface area contributed by atoms with Gasteiger partial charge >= 0.3 is 0 Å². The fraction of sp³-hybridized carbons (Fsp3) is 0.625. The van der Waals surface area contributed by atoms with E-state index in [1.54, 1.807) is 18.2 Å². The molecular formula is C16H26N2O2S. The summed E-state index contributed by atoms with van der Waals surface area (Å²) in [4.78, 5) is 0.355. The van der Waals surface area contributed by atoms with Gasteiger partial charge in [-0.2, -0.15) is 0 Å². The second-order valence-corrected chi connectivity index (χ2v) is 8.10. The normalized spacial score (nSPS) is 17.1. The predicted octanol–water partition coefficient (Wildman–Crippen LogP) is 2.65. The Labute approximate surface area is 128 Å². The Balaban J connectivity index is 2.02. The van der Waals surface area contributed by atoms with Gasteiger partial charge in [-0.25, -0.2) is 13.1 Å². The van der Waals surface area contributed by atoms with E-state index in [0.717, 1.165) is 12.0 Å². The number of sulfonamides is 1. The van der Waals surface area contributed by atoms with E-state index in [4.69, 9.17) is 0 Å². The SMILES string of the molecule is CC(C)NCc1cccc(S(=O)(=O)NC(C)CC2CC2)c1. The fourth-order valence-corrected chi connectivity index (χ4v) is 3.71. The Morgan fingerprint density at radius 2 is 1.95 bits per heavy atom. The highest BCUT2D eigenvalue weighted by Crippen LogP contribution is 2.33. The van der Waals surface area contributed by atoms with Crippen LogP contribution in [0.5, 0.6) is 0 Å². The maximum absolute atomic E-state index is 12.4. The molecule has 1 saturated carbocycles. The van der Waals surface area contributed by atoms with Crippen molar-refractivity contribution in [3.05, 3.63) is 29.8 Å². The van der Waals surface area contributed by atoms with Crippen LogP contribution in [0.2, 0.25) is 0 Å². The highest BCUT2D eigenvalue weighted by atomic mass is 32.2. The number of nitrogens with one attached hydrogen (secondary N) is 2. The van der Waals surface area contributed by atoms with Gasteiger partial charge in [0.15, 0.2) is 0 Å². The first-order chi connectivity index (χ1) is 9.87. The van der Waals surface area contributed by atoms with Gasteiger partial charge in [0, 0.05) is 18.6 Å². The minimum atomic E-state index is -3.42. The monoisotopic (exact) mass is 310 g/mol. The third-order valence-electron chi connectivity index (χ3n) is 3.66. The summed E-state index contributed by atoms with van der Waals surface area (Å²) < 4.78 is 27.6. The van der Waals surface area contributed by atoms with Crippen LogP contribution in [-0.2, 0) is 16.6 Å². The van der Waals surface area contributed by atoms with Crippen LogP contribution in [0.3, 0.4) is 0 Å². The van der Waals surface area contributed by atoms with Crippen LogP contribution in [-0.4, -0.2) is 20.5 Å². The van der Waals surface area contributed by atoms with Crippen molar-refractivity contribution in [2.24, 2.45) is 5.92 Å². The lowest BCUT2D eigenvalue weighted by Gasteiger charge is -2.15.